The van der Waals surface area contributed by atoms with E-state index in [0.717, 1.165) is 5.75 Å². The first-order chi connectivity index (χ1) is 10.9. The highest BCUT2D eigenvalue weighted by Crippen LogP contribution is 2.30. The second kappa shape index (κ2) is 6.91. The molecule has 0 saturated carbocycles. The third-order valence-electron chi connectivity index (χ3n) is 3.06. The van der Waals surface area contributed by atoms with Gasteiger partial charge in [0.2, 0.25) is 11.8 Å². The molecule has 1 aromatic carbocycles. The van der Waals surface area contributed by atoms with Gasteiger partial charge in [0.05, 0.1) is 11.5 Å². The van der Waals surface area contributed by atoms with Crippen molar-refractivity contribution < 1.29 is 9.66 Å². The Kier molecular flexibility index (Phi) is 4.95. The number of rotatable bonds is 6. The van der Waals surface area contributed by atoms with Gasteiger partial charge in [0.1, 0.15) is 11.4 Å². The molecule has 1 heterocycles. The summed E-state index contributed by atoms with van der Waals surface area (Å²) in [4.78, 5) is 20.9. The Balaban J connectivity index is 2.38. The largest absolute Gasteiger partial charge is 0.494 e. The van der Waals surface area contributed by atoms with Gasteiger partial charge in [-0.25, -0.2) is 4.98 Å². The Morgan fingerprint density at radius 3 is 2.43 bits per heavy atom. The topological polar surface area (TPSA) is 93.4 Å². The number of hydrogen-bond acceptors (Lipinski definition) is 7. The molecule has 0 fully saturated rings. The van der Waals surface area contributed by atoms with E-state index < -0.39 is 4.92 Å². The zero-order valence-corrected chi connectivity index (χ0v) is 13.5. The molecular weight excluding hydrogens is 298 g/mol. The number of nitro groups is 1. The number of benzene rings is 1. The van der Waals surface area contributed by atoms with Crippen molar-refractivity contribution in [3.05, 3.63) is 40.1 Å². The number of anilines is 3. The summed E-state index contributed by atoms with van der Waals surface area (Å²) >= 11 is 0. The van der Waals surface area contributed by atoms with Crippen molar-refractivity contribution in [1.29, 1.82) is 0 Å². The van der Waals surface area contributed by atoms with Gasteiger partial charge in [-0.1, -0.05) is 0 Å². The highest BCUT2D eigenvalue weighted by Gasteiger charge is 2.22. The SMILES string of the molecule is CCOc1ccc(Nc2nc(N(C)C)nc(C)c2[N+](=O)[O-])cc1. The summed E-state index contributed by atoms with van der Waals surface area (Å²) in [6.07, 6.45) is 0. The maximum absolute atomic E-state index is 11.3. The molecule has 8 nitrogen and oxygen atoms in total. The molecule has 1 aromatic heterocycles. The molecule has 0 amide bonds. The average Bonchev–Trinajstić information content (AvgIpc) is 2.48. The van der Waals surface area contributed by atoms with E-state index in [1.54, 1.807) is 50.2 Å². The summed E-state index contributed by atoms with van der Waals surface area (Å²) in [5.41, 5.74) is 0.853. The summed E-state index contributed by atoms with van der Waals surface area (Å²) in [6.45, 7) is 4.08. The zero-order chi connectivity index (χ0) is 17.0. The third kappa shape index (κ3) is 3.85. The van der Waals surface area contributed by atoms with E-state index in [2.05, 4.69) is 15.3 Å². The summed E-state index contributed by atoms with van der Waals surface area (Å²) in [5, 5.41) is 14.3. The Hall–Kier alpha value is -2.90. The smallest absolute Gasteiger partial charge is 0.332 e. The zero-order valence-electron chi connectivity index (χ0n) is 13.5. The van der Waals surface area contributed by atoms with Crippen LogP contribution in [0.15, 0.2) is 24.3 Å². The molecule has 0 unspecified atom stereocenters. The van der Waals surface area contributed by atoms with Crippen molar-refractivity contribution >= 4 is 23.1 Å². The van der Waals surface area contributed by atoms with Crippen LogP contribution in [0.3, 0.4) is 0 Å². The number of nitrogens with zero attached hydrogens (tertiary/aromatic N) is 4. The molecular formula is C15H19N5O3. The molecule has 0 aliphatic carbocycles. The number of ether oxygens (including phenoxy) is 1. The van der Waals surface area contributed by atoms with E-state index in [4.69, 9.17) is 4.74 Å². The molecule has 0 radical (unpaired) electrons. The lowest BCUT2D eigenvalue weighted by molar-refractivity contribution is -0.385. The van der Waals surface area contributed by atoms with Crippen LogP contribution in [0.2, 0.25) is 0 Å². The Bertz CT molecular complexity index is 701. The van der Waals surface area contributed by atoms with Crippen LogP contribution in [-0.4, -0.2) is 35.6 Å². The van der Waals surface area contributed by atoms with Crippen molar-refractivity contribution in [2.45, 2.75) is 13.8 Å². The van der Waals surface area contributed by atoms with Crippen LogP contribution in [0.1, 0.15) is 12.6 Å². The van der Waals surface area contributed by atoms with Crippen LogP contribution >= 0.6 is 0 Å². The van der Waals surface area contributed by atoms with Gasteiger partial charge in [0.25, 0.3) is 0 Å². The first-order valence-corrected chi connectivity index (χ1v) is 7.12. The number of hydrogen-bond donors (Lipinski definition) is 1. The predicted molar refractivity (Wildman–Crippen MR) is 88.6 cm³/mol. The molecule has 23 heavy (non-hydrogen) atoms. The highest BCUT2D eigenvalue weighted by molar-refractivity contribution is 5.68. The minimum atomic E-state index is -0.480. The van der Waals surface area contributed by atoms with Crippen LogP contribution in [0.5, 0.6) is 5.75 Å². The van der Waals surface area contributed by atoms with Crippen LogP contribution in [-0.2, 0) is 0 Å². The molecule has 0 spiro atoms. The molecule has 0 saturated heterocycles. The van der Waals surface area contributed by atoms with Crippen LogP contribution in [0.25, 0.3) is 0 Å². The van der Waals surface area contributed by atoms with Crippen LogP contribution in [0.4, 0.5) is 23.1 Å². The van der Waals surface area contributed by atoms with E-state index in [1.165, 1.54) is 0 Å². The summed E-state index contributed by atoms with van der Waals surface area (Å²) in [7, 11) is 3.56. The van der Waals surface area contributed by atoms with Crippen LogP contribution in [0, 0.1) is 17.0 Å². The molecule has 2 aromatic rings. The number of nitrogens with one attached hydrogen (secondary N) is 1. The van der Waals surface area contributed by atoms with Crippen LogP contribution < -0.4 is 15.0 Å². The summed E-state index contributed by atoms with van der Waals surface area (Å²) in [5.74, 6) is 1.30. The first-order valence-electron chi connectivity index (χ1n) is 7.12. The fourth-order valence-corrected chi connectivity index (χ4v) is 2.00. The van der Waals surface area contributed by atoms with Gasteiger partial charge in [0, 0.05) is 19.8 Å². The maximum Gasteiger partial charge on any atom is 0.332 e. The third-order valence-corrected chi connectivity index (χ3v) is 3.06. The maximum atomic E-state index is 11.3. The van der Waals surface area contributed by atoms with Crippen molar-refractivity contribution in [2.24, 2.45) is 0 Å². The Labute approximate surface area is 134 Å². The number of aromatic nitrogens is 2. The lowest BCUT2D eigenvalue weighted by atomic mass is 10.3. The van der Waals surface area contributed by atoms with Gasteiger partial charge in [-0.05, 0) is 38.1 Å². The molecule has 0 aliphatic rings. The van der Waals surface area contributed by atoms with Gasteiger partial charge in [0.15, 0.2) is 0 Å². The van der Waals surface area contributed by atoms with Gasteiger partial charge in [-0.15, -0.1) is 0 Å². The van der Waals surface area contributed by atoms with Gasteiger partial charge in [-0.2, -0.15) is 4.98 Å². The summed E-state index contributed by atoms with van der Waals surface area (Å²) in [6, 6.07) is 7.14. The lowest BCUT2D eigenvalue weighted by Gasteiger charge is -2.14. The molecule has 0 atom stereocenters. The predicted octanol–water partition coefficient (Wildman–Crippen LogP) is 2.90. The van der Waals surface area contributed by atoms with E-state index in [-0.39, 0.29) is 11.5 Å². The van der Waals surface area contributed by atoms with Crippen molar-refractivity contribution in [3.63, 3.8) is 0 Å². The second-order valence-corrected chi connectivity index (χ2v) is 5.04. The molecule has 2 rings (SSSR count). The van der Waals surface area contributed by atoms with Crippen molar-refractivity contribution in [1.82, 2.24) is 9.97 Å². The molecule has 122 valence electrons. The van der Waals surface area contributed by atoms with Crippen molar-refractivity contribution in [2.75, 3.05) is 30.9 Å². The minimum Gasteiger partial charge on any atom is -0.494 e. The van der Waals surface area contributed by atoms with E-state index >= 15 is 0 Å². The Morgan fingerprint density at radius 1 is 1.26 bits per heavy atom. The summed E-state index contributed by atoms with van der Waals surface area (Å²) < 4.78 is 5.37. The normalized spacial score (nSPS) is 10.3. The quantitative estimate of drug-likeness (QED) is 0.646. The molecule has 0 bridgehead atoms. The fourth-order valence-electron chi connectivity index (χ4n) is 2.00. The van der Waals surface area contributed by atoms with Crippen molar-refractivity contribution in [3.8, 4) is 5.75 Å². The second-order valence-electron chi connectivity index (χ2n) is 5.04. The van der Waals surface area contributed by atoms with E-state index in [0.29, 0.717) is 23.9 Å². The van der Waals surface area contributed by atoms with Gasteiger partial charge >= 0.3 is 5.69 Å². The molecule has 8 heteroatoms. The number of aryl methyl sites for hydroxylation is 1. The van der Waals surface area contributed by atoms with Gasteiger partial charge < -0.3 is 15.0 Å². The first kappa shape index (κ1) is 16.5. The minimum absolute atomic E-state index is 0.135. The molecule has 1 N–H and O–H groups in total. The molecule has 0 aliphatic heterocycles. The van der Waals surface area contributed by atoms with Gasteiger partial charge in [-0.3, -0.25) is 10.1 Å². The fraction of sp³-hybridized carbons (Fsp3) is 0.333. The highest BCUT2D eigenvalue weighted by atomic mass is 16.6. The Morgan fingerprint density at radius 2 is 1.91 bits per heavy atom. The monoisotopic (exact) mass is 317 g/mol. The average molecular weight is 317 g/mol. The van der Waals surface area contributed by atoms with E-state index in [9.17, 15) is 10.1 Å². The standard InChI is InChI=1S/C15H19N5O3/c1-5-23-12-8-6-11(7-9-12)17-14-13(20(21)22)10(2)16-15(18-14)19(3)4/h6-9H,5H2,1-4H3,(H,16,17,18). The van der Waals surface area contributed by atoms with E-state index in [1.807, 2.05) is 6.92 Å². The lowest BCUT2D eigenvalue weighted by Crippen LogP contribution is -2.15.